The molecular weight excluding hydrogens is 252 g/mol. The van der Waals surface area contributed by atoms with E-state index < -0.39 is 23.5 Å². The summed E-state index contributed by atoms with van der Waals surface area (Å²) in [6, 6.07) is 2.98. The molecule has 1 aromatic rings. The van der Waals surface area contributed by atoms with Gasteiger partial charge in [-0.2, -0.15) is 0 Å². The van der Waals surface area contributed by atoms with E-state index >= 15 is 0 Å². The first-order valence-electron chi connectivity index (χ1n) is 5.92. The minimum Gasteiger partial charge on any atom is -0.479 e. The highest BCUT2D eigenvalue weighted by Gasteiger charge is 2.30. The number of rotatable bonds is 4. The summed E-state index contributed by atoms with van der Waals surface area (Å²) in [6.45, 7) is 0.191. The van der Waals surface area contributed by atoms with Crippen LogP contribution < -0.4 is 10.9 Å². The summed E-state index contributed by atoms with van der Waals surface area (Å²) in [5.74, 6) is -1.49. The number of carboxylic acid groups (broad SMARTS) is 1. The fraction of sp³-hybridized carbons (Fsp3) is 0.417. The van der Waals surface area contributed by atoms with E-state index in [1.54, 1.807) is 6.07 Å². The van der Waals surface area contributed by atoms with E-state index in [0.717, 1.165) is 0 Å². The average Bonchev–Trinajstić information content (AvgIpc) is 2.85. The Labute approximate surface area is 108 Å². The number of ether oxygens (including phenoxy) is 1. The third-order valence-corrected chi connectivity index (χ3v) is 2.94. The number of aromatic amines is 1. The highest BCUT2D eigenvalue weighted by Crippen LogP contribution is 2.19. The molecule has 1 fully saturated rings. The number of carbonyl (C=O) groups excluding carboxylic acids is 1. The molecular formula is C12H14N2O5. The first-order valence-corrected chi connectivity index (χ1v) is 5.92. The van der Waals surface area contributed by atoms with Crippen LogP contribution in [0.5, 0.6) is 0 Å². The van der Waals surface area contributed by atoms with Crippen molar-refractivity contribution in [2.24, 2.45) is 0 Å². The second-order valence-electron chi connectivity index (χ2n) is 4.29. The molecule has 0 radical (unpaired) electrons. The molecule has 0 aliphatic carbocycles. The van der Waals surface area contributed by atoms with Crippen molar-refractivity contribution >= 4 is 11.9 Å². The summed E-state index contributed by atoms with van der Waals surface area (Å²) in [4.78, 5) is 36.2. The Kier molecular flexibility index (Phi) is 3.96. The number of carbonyl (C=O) groups is 2. The number of aliphatic carboxylic acids is 1. The lowest BCUT2D eigenvalue weighted by molar-refractivity contribution is -0.149. The fourth-order valence-electron chi connectivity index (χ4n) is 1.94. The molecule has 102 valence electrons. The molecule has 19 heavy (non-hydrogen) atoms. The Hall–Kier alpha value is -2.15. The Morgan fingerprint density at radius 2 is 2.26 bits per heavy atom. The van der Waals surface area contributed by atoms with Crippen LogP contribution in [0.25, 0.3) is 0 Å². The van der Waals surface area contributed by atoms with Gasteiger partial charge in [0.2, 0.25) is 0 Å². The lowest BCUT2D eigenvalue weighted by Crippen LogP contribution is -2.35. The fourth-order valence-corrected chi connectivity index (χ4v) is 1.94. The number of pyridine rings is 1. The first kappa shape index (κ1) is 13.3. The van der Waals surface area contributed by atoms with E-state index in [2.05, 4.69) is 10.3 Å². The quantitative estimate of drug-likeness (QED) is 0.695. The van der Waals surface area contributed by atoms with Crippen molar-refractivity contribution in [3.63, 3.8) is 0 Å². The molecule has 1 saturated heterocycles. The molecule has 2 rings (SSSR count). The number of nitrogens with one attached hydrogen (secondary N) is 2. The monoisotopic (exact) mass is 266 g/mol. The van der Waals surface area contributed by atoms with E-state index in [1.165, 1.54) is 12.3 Å². The minimum absolute atomic E-state index is 0.0234. The smallest absolute Gasteiger partial charge is 0.332 e. The van der Waals surface area contributed by atoms with Gasteiger partial charge in [0.05, 0.1) is 6.10 Å². The molecule has 0 bridgehead atoms. The van der Waals surface area contributed by atoms with E-state index in [-0.39, 0.29) is 18.2 Å². The summed E-state index contributed by atoms with van der Waals surface area (Å²) in [5, 5.41) is 11.3. The van der Waals surface area contributed by atoms with Crippen LogP contribution in [0.1, 0.15) is 23.2 Å². The molecule has 0 spiro atoms. The van der Waals surface area contributed by atoms with Gasteiger partial charge in [0, 0.05) is 12.7 Å². The van der Waals surface area contributed by atoms with Gasteiger partial charge in [0.25, 0.3) is 11.5 Å². The van der Waals surface area contributed by atoms with E-state index in [4.69, 9.17) is 9.84 Å². The molecule has 7 heteroatoms. The molecule has 2 heterocycles. The maximum absolute atomic E-state index is 11.7. The van der Waals surface area contributed by atoms with Crippen molar-refractivity contribution in [1.82, 2.24) is 10.3 Å². The number of H-pyrrole nitrogens is 1. The van der Waals surface area contributed by atoms with Crippen LogP contribution in [0.15, 0.2) is 23.1 Å². The van der Waals surface area contributed by atoms with Crippen LogP contribution in [0.3, 0.4) is 0 Å². The van der Waals surface area contributed by atoms with Gasteiger partial charge < -0.3 is 20.1 Å². The summed E-state index contributed by atoms with van der Waals surface area (Å²) >= 11 is 0. The van der Waals surface area contributed by atoms with Crippen LogP contribution in [0, 0.1) is 0 Å². The minimum atomic E-state index is -0.992. The van der Waals surface area contributed by atoms with Gasteiger partial charge in [-0.1, -0.05) is 0 Å². The van der Waals surface area contributed by atoms with Gasteiger partial charge in [-0.3, -0.25) is 9.59 Å². The SMILES string of the molecule is O=C(NCC1CCC(C(=O)O)O1)c1ccc[nH]c1=O. The molecule has 1 aliphatic heterocycles. The number of hydrogen-bond acceptors (Lipinski definition) is 4. The Morgan fingerprint density at radius 3 is 2.89 bits per heavy atom. The lowest BCUT2D eigenvalue weighted by Gasteiger charge is -2.12. The molecule has 2 atom stereocenters. The van der Waals surface area contributed by atoms with Gasteiger partial charge in [-0.25, -0.2) is 4.79 Å². The zero-order valence-electron chi connectivity index (χ0n) is 10.1. The molecule has 2 unspecified atom stereocenters. The van der Waals surface area contributed by atoms with Gasteiger partial charge in [0.1, 0.15) is 5.56 Å². The van der Waals surface area contributed by atoms with E-state index in [9.17, 15) is 14.4 Å². The Morgan fingerprint density at radius 1 is 1.47 bits per heavy atom. The summed E-state index contributed by atoms with van der Waals surface area (Å²) in [6.07, 6.45) is 1.32. The topological polar surface area (TPSA) is 108 Å². The summed E-state index contributed by atoms with van der Waals surface area (Å²) < 4.78 is 5.24. The highest BCUT2D eigenvalue weighted by molar-refractivity contribution is 5.93. The van der Waals surface area contributed by atoms with Gasteiger partial charge in [0.15, 0.2) is 6.10 Å². The van der Waals surface area contributed by atoms with Crippen LogP contribution in [-0.2, 0) is 9.53 Å². The number of carboxylic acids is 1. The Bertz CT molecular complexity index is 539. The van der Waals surface area contributed by atoms with Gasteiger partial charge in [-0.05, 0) is 25.0 Å². The number of amides is 1. The highest BCUT2D eigenvalue weighted by atomic mass is 16.5. The molecule has 1 amide bonds. The average molecular weight is 266 g/mol. The third-order valence-electron chi connectivity index (χ3n) is 2.94. The molecule has 0 aromatic carbocycles. The van der Waals surface area contributed by atoms with E-state index in [1.807, 2.05) is 0 Å². The number of hydrogen-bond donors (Lipinski definition) is 3. The molecule has 7 nitrogen and oxygen atoms in total. The zero-order chi connectivity index (χ0) is 13.8. The van der Waals surface area contributed by atoms with Gasteiger partial charge in [-0.15, -0.1) is 0 Å². The number of aromatic nitrogens is 1. The van der Waals surface area contributed by atoms with Crippen molar-refractivity contribution in [2.75, 3.05) is 6.54 Å². The molecule has 3 N–H and O–H groups in total. The Balaban J connectivity index is 1.87. The maximum Gasteiger partial charge on any atom is 0.332 e. The largest absolute Gasteiger partial charge is 0.479 e. The third kappa shape index (κ3) is 3.19. The molecule has 1 aromatic heterocycles. The van der Waals surface area contributed by atoms with Crippen molar-refractivity contribution in [3.05, 3.63) is 34.2 Å². The van der Waals surface area contributed by atoms with Crippen molar-refractivity contribution < 1.29 is 19.4 Å². The lowest BCUT2D eigenvalue weighted by atomic mass is 10.2. The molecule has 1 aliphatic rings. The summed E-state index contributed by atoms with van der Waals surface area (Å²) in [7, 11) is 0. The predicted molar refractivity (Wildman–Crippen MR) is 64.9 cm³/mol. The van der Waals surface area contributed by atoms with Crippen molar-refractivity contribution in [1.29, 1.82) is 0 Å². The standard InChI is InChI=1S/C12H14N2O5/c15-10-8(2-1-5-13-10)11(16)14-6-7-3-4-9(19-7)12(17)18/h1-2,5,7,9H,3-4,6H2,(H,13,15)(H,14,16)(H,17,18). The van der Waals surface area contributed by atoms with E-state index in [0.29, 0.717) is 12.8 Å². The van der Waals surface area contributed by atoms with Crippen molar-refractivity contribution in [3.8, 4) is 0 Å². The van der Waals surface area contributed by atoms with Crippen LogP contribution in [-0.4, -0.2) is 40.7 Å². The first-order chi connectivity index (χ1) is 9.08. The normalized spacial score (nSPS) is 22.1. The predicted octanol–water partition coefficient (Wildman–Crippen LogP) is -0.263. The van der Waals surface area contributed by atoms with Gasteiger partial charge >= 0.3 is 5.97 Å². The molecule has 0 saturated carbocycles. The second kappa shape index (κ2) is 5.66. The zero-order valence-corrected chi connectivity index (χ0v) is 10.1. The van der Waals surface area contributed by atoms with Crippen LogP contribution in [0.2, 0.25) is 0 Å². The second-order valence-corrected chi connectivity index (χ2v) is 4.29. The van der Waals surface area contributed by atoms with Crippen LogP contribution in [0.4, 0.5) is 0 Å². The summed E-state index contributed by atoms with van der Waals surface area (Å²) in [5.41, 5.74) is -0.439. The van der Waals surface area contributed by atoms with Crippen LogP contribution >= 0.6 is 0 Å². The van der Waals surface area contributed by atoms with Crippen molar-refractivity contribution in [2.45, 2.75) is 25.0 Å². The maximum atomic E-state index is 11.7.